The molecule has 0 fully saturated rings. The summed E-state index contributed by atoms with van der Waals surface area (Å²) >= 11 is 0. The number of rotatable bonds is 8. The number of hydroxylamine groups is 1. The number of nitrogens with one attached hydrogen (secondary N) is 2. The first-order chi connectivity index (χ1) is 21.0. The molecule has 44 heavy (non-hydrogen) atoms. The standard InChI is InChI=1S/C22H21F4N7O3.2C2H6.2CH2O/c1-10(2)17-12(21-31-30-16(36-21)7-22(3,25)26)8-33-18(17)19(27-9-28-33)29-15-5-11(20(34)32-35-4)13(23)6-14(15)24;4*1-2/h5-6,8-10H,7H2,1-4H3,(H,32,34)(H,27,28,29);2*1-2H3;2*1H2. The smallest absolute Gasteiger partial charge is 0.277 e. The number of amides is 1. The number of fused-ring (bicyclic) bond motifs is 1. The minimum absolute atomic E-state index is 0.000820. The largest absolute Gasteiger partial charge is 0.420 e. The second-order valence-electron chi connectivity index (χ2n) is 8.33. The van der Waals surface area contributed by atoms with Crippen LogP contribution in [0.25, 0.3) is 17.0 Å². The van der Waals surface area contributed by atoms with Crippen LogP contribution in [-0.2, 0) is 20.8 Å². The molecule has 4 aromatic rings. The topological polar surface area (TPSA) is 154 Å². The summed E-state index contributed by atoms with van der Waals surface area (Å²) in [4.78, 5) is 36.8. The van der Waals surface area contributed by atoms with Gasteiger partial charge >= 0.3 is 0 Å². The molecule has 1 aromatic carbocycles. The Morgan fingerprint density at radius 3 is 2.23 bits per heavy atom. The van der Waals surface area contributed by atoms with E-state index in [-0.39, 0.29) is 29.2 Å². The van der Waals surface area contributed by atoms with Crippen LogP contribution >= 0.6 is 0 Å². The normalized spacial score (nSPS) is 10.2. The molecule has 0 atom stereocenters. The van der Waals surface area contributed by atoms with Crippen molar-refractivity contribution in [3.05, 3.63) is 53.3 Å². The van der Waals surface area contributed by atoms with Gasteiger partial charge in [-0.15, -0.1) is 10.2 Å². The van der Waals surface area contributed by atoms with Crippen LogP contribution in [0.2, 0.25) is 0 Å². The van der Waals surface area contributed by atoms with E-state index in [0.29, 0.717) is 22.7 Å². The summed E-state index contributed by atoms with van der Waals surface area (Å²) in [6, 6.07) is 1.54. The molecule has 4 rings (SSSR count). The fraction of sp³-hybridized carbons (Fsp3) is 0.393. The summed E-state index contributed by atoms with van der Waals surface area (Å²) in [5.41, 5.74) is 2.71. The molecule has 0 saturated heterocycles. The van der Waals surface area contributed by atoms with Crippen LogP contribution in [0.4, 0.5) is 29.1 Å². The zero-order valence-corrected chi connectivity index (χ0v) is 25.8. The third-order valence-corrected chi connectivity index (χ3v) is 5.10. The highest BCUT2D eigenvalue weighted by molar-refractivity contribution is 5.95. The lowest BCUT2D eigenvalue weighted by Gasteiger charge is -2.13. The maximum atomic E-state index is 14.6. The molecule has 3 aromatic heterocycles. The van der Waals surface area contributed by atoms with Gasteiger partial charge in [0.25, 0.3) is 11.8 Å². The van der Waals surface area contributed by atoms with Gasteiger partial charge in [-0.2, -0.15) is 5.10 Å². The van der Waals surface area contributed by atoms with Crippen molar-refractivity contribution < 1.29 is 41.2 Å². The Balaban J connectivity index is 0.00000214. The molecule has 3 heterocycles. The Kier molecular flexibility index (Phi) is 16.7. The van der Waals surface area contributed by atoms with Crippen LogP contribution in [0.3, 0.4) is 0 Å². The van der Waals surface area contributed by atoms with Gasteiger partial charge in [-0.25, -0.2) is 32.5 Å². The quantitative estimate of drug-likeness (QED) is 0.173. The van der Waals surface area contributed by atoms with Gasteiger partial charge < -0.3 is 19.3 Å². The van der Waals surface area contributed by atoms with Crippen molar-refractivity contribution in [2.45, 2.75) is 66.7 Å². The first-order valence-electron chi connectivity index (χ1n) is 13.2. The number of benzene rings is 1. The van der Waals surface area contributed by atoms with E-state index in [0.717, 1.165) is 13.0 Å². The molecule has 0 aliphatic heterocycles. The predicted octanol–water partition coefficient (Wildman–Crippen LogP) is 6.10. The minimum atomic E-state index is -3.03. The molecule has 0 unspecified atom stereocenters. The molecule has 16 heteroatoms. The molecule has 0 radical (unpaired) electrons. The highest BCUT2D eigenvalue weighted by Gasteiger charge is 2.28. The van der Waals surface area contributed by atoms with Crippen molar-refractivity contribution in [3.63, 3.8) is 0 Å². The van der Waals surface area contributed by atoms with E-state index in [9.17, 15) is 22.4 Å². The molecular weight excluding hydrogens is 590 g/mol. The number of carbonyl (C=O) groups is 3. The summed E-state index contributed by atoms with van der Waals surface area (Å²) < 4.78 is 62.5. The Bertz CT molecular complexity index is 1470. The number of hydrogen-bond acceptors (Lipinski definition) is 10. The Morgan fingerprint density at radius 2 is 1.68 bits per heavy atom. The molecule has 0 aliphatic carbocycles. The van der Waals surface area contributed by atoms with Crippen molar-refractivity contribution in [1.29, 1.82) is 0 Å². The van der Waals surface area contributed by atoms with Gasteiger partial charge in [0.05, 0.1) is 30.3 Å². The minimum Gasteiger partial charge on any atom is -0.420 e. The number of alkyl halides is 2. The van der Waals surface area contributed by atoms with Crippen LogP contribution in [0.5, 0.6) is 0 Å². The Morgan fingerprint density at radius 1 is 1.07 bits per heavy atom. The zero-order chi connectivity index (χ0) is 34.2. The van der Waals surface area contributed by atoms with Crippen LogP contribution in [0, 0.1) is 11.6 Å². The third-order valence-electron chi connectivity index (χ3n) is 5.10. The second-order valence-corrected chi connectivity index (χ2v) is 8.33. The van der Waals surface area contributed by atoms with Crippen molar-refractivity contribution in [2.24, 2.45) is 0 Å². The lowest BCUT2D eigenvalue weighted by atomic mass is 10.00. The van der Waals surface area contributed by atoms with E-state index in [1.54, 1.807) is 6.20 Å². The average molecular weight is 628 g/mol. The molecule has 0 aliphatic rings. The summed E-state index contributed by atoms with van der Waals surface area (Å²) in [5, 5.41) is 14.6. The Hall–Kier alpha value is -4.73. The molecule has 0 saturated carbocycles. The fourth-order valence-corrected chi connectivity index (χ4v) is 3.67. The summed E-state index contributed by atoms with van der Waals surface area (Å²) in [7, 11) is 1.17. The first-order valence-corrected chi connectivity index (χ1v) is 13.2. The van der Waals surface area contributed by atoms with Gasteiger partial charge in [-0.1, -0.05) is 41.5 Å². The van der Waals surface area contributed by atoms with Crippen LogP contribution in [-0.4, -0.2) is 57.3 Å². The molecular formula is C28H37F4N7O5. The van der Waals surface area contributed by atoms with Crippen molar-refractivity contribution >= 4 is 36.5 Å². The van der Waals surface area contributed by atoms with Gasteiger partial charge in [-0.05, 0) is 24.5 Å². The molecule has 2 N–H and O–H groups in total. The van der Waals surface area contributed by atoms with Crippen LogP contribution in [0.1, 0.15) is 76.2 Å². The lowest BCUT2D eigenvalue weighted by molar-refractivity contribution is -0.0987. The van der Waals surface area contributed by atoms with Gasteiger partial charge in [0.15, 0.2) is 5.82 Å². The summed E-state index contributed by atoms with van der Waals surface area (Å²) in [5.74, 6) is -6.29. The fourth-order valence-electron chi connectivity index (χ4n) is 3.67. The maximum absolute atomic E-state index is 14.6. The molecule has 242 valence electrons. The van der Waals surface area contributed by atoms with Crippen molar-refractivity contribution in [1.82, 2.24) is 30.3 Å². The number of carbonyl (C=O) groups excluding carboxylic acids is 3. The van der Waals surface area contributed by atoms with Gasteiger partial charge in [0.2, 0.25) is 11.8 Å². The number of nitrogens with zero attached hydrogens (tertiary/aromatic N) is 5. The molecule has 0 bridgehead atoms. The summed E-state index contributed by atoms with van der Waals surface area (Å²) in [6.45, 7) is 16.5. The van der Waals surface area contributed by atoms with E-state index in [1.165, 1.54) is 18.0 Å². The van der Waals surface area contributed by atoms with Crippen LogP contribution in [0.15, 0.2) is 29.1 Å². The van der Waals surface area contributed by atoms with Gasteiger partial charge in [-0.3, -0.25) is 9.63 Å². The van der Waals surface area contributed by atoms with E-state index in [1.807, 2.05) is 60.6 Å². The Labute approximate surface area is 252 Å². The van der Waals surface area contributed by atoms with E-state index < -0.39 is 35.4 Å². The predicted molar refractivity (Wildman–Crippen MR) is 156 cm³/mol. The molecule has 1 amide bonds. The van der Waals surface area contributed by atoms with Crippen LogP contribution < -0.4 is 10.8 Å². The second kappa shape index (κ2) is 18.7. The highest BCUT2D eigenvalue weighted by Crippen LogP contribution is 2.37. The first kappa shape index (κ1) is 39.3. The third kappa shape index (κ3) is 9.93. The van der Waals surface area contributed by atoms with E-state index >= 15 is 0 Å². The van der Waals surface area contributed by atoms with Crippen molar-refractivity contribution in [3.8, 4) is 11.5 Å². The van der Waals surface area contributed by atoms with E-state index in [2.05, 4.69) is 30.4 Å². The van der Waals surface area contributed by atoms with Crippen molar-refractivity contribution in [2.75, 3.05) is 12.4 Å². The summed E-state index contributed by atoms with van der Waals surface area (Å²) in [6.07, 6.45) is 2.03. The average Bonchev–Trinajstić information content (AvgIpc) is 3.63. The molecule has 12 nitrogen and oxygen atoms in total. The zero-order valence-electron chi connectivity index (χ0n) is 25.8. The number of anilines is 2. The van der Waals surface area contributed by atoms with Gasteiger partial charge in [0.1, 0.15) is 37.1 Å². The van der Waals surface area contributed by atoms with E-state index in [4.69, 9.17) is 14.0 Å². The number of halogens is 4. The number of hydrogen-bond donors (Lipinski definition) is 2. The highest BCUT2D eigenvalue weighted by atomic mass is 19.3. The maximum Gasteiger partial charge on any atom is 0.277 e. The van der Waals surface area contributed by atoms with Gasteiger partial charge in [0, 0.05) is 12.3 Å². The monoisotopic (exact) mass is 627 g/mol. The lowest BCUT2D eigenvalue weighted by Crippen LogP contribution is -2.23. The number of aromatic nitrogens is 5. The SMILES string of the molecule is C=O.C=O.CC.CC.CONC(=O)c1cc(Nc2ncnn3cc(-c4nnc(CC(C)(F)F)o4)c(C(C)C)c23)c(F)cc1F. The molecule has 0 spiro atoms.